The van der Waals surface area contributed by atoms with Crippen LogP contribution in [0.4, 0.5) is 34.1 Å². The van der Waals surface area contributed by atoms with Gasteiger partial charge in [-0.1, -0.05) is 171 Å². The molecule has 0 fully saturated rings. The van der Waals surface area contributed by atoms with Crippen LogP contribution < -0.4 is 20.2 Å². The fourth-order valence-electron chi connectivity index (χ4n) is 9.58. The number of hydrogen-bond donors (Lipinski definition) is 0. The third kappa shape index (κ3) is 5.77. The molecule has 0 spiro atoms. The van der Waals surface area contributed by atoms with Gasteiger partial charge in [-0.2, -0.15) is 0 Å². The van der Waals surface area contributed by atoms with Crippen LogP contribution in [-0.4, -0.2) is 8.07 Å². The summed E-state index contributed by atoms with van der Waals surface area (Å²) in [7, 11) is -2.24. The molecule has 1 aliphatic heterocycles. The molecule has 10 aromatic rings. The molecule has 1 aliphatic rings. The van der Waals surface area contributed by atoms with Gasteiger partial charge >= 0.3 is 0 Å². The molecule has 1 heterocycles. The van der Waals surface area contributed by atoms with E-state index in [1.54, 1.807) is 0 Å². The standard InChI is InChI=1S/C56H42N2Si/c1-59(2)54-28-16-26-51-53(57(42-20-8-4-9-21-42)44-31-33-47-41(37-44)30-29-40-19-12-13-24-46(40)47)36-35-50(56(51)54)49-34-32-45(38-55(49)59)58(43-22-10-5-11-23-43)52-27-15-14-25-48(52)39-17-6-3-7-18-39/h3-38H,1-2H3. The molecule has 0 aromatic heterocycles. The molecule has 0 aliphatic carbocycles. The summed E-state index contributed by atoms with van der Waals surface area (Å²) < 4.78 is 0. The van der Waals surface area contributed by atoms with E-state index in [-0.39, 0.29) is 0 Å². The highest BCUT2D eigenvalue weighted by atomic mass is 28.3. The van der Waals surface area contributed by atoms with E-state index in [1.165, 1.54) is 76.3 Å². The summed E-state index contributed by atoms with van der Waals surface area (Å²) in [6.45, 7) is 5.07. The summed E-state index contributed by atoms with van der Waals surface area (Å²) in [5.74, 6) is 0. The van der Waals surface area contributed by atoms with Crippen molar-refractivity contribution in [3.8, 4) is 22.3 Å². The lowest BCUT2D eigenvalue weighted by atomic mass is 9.94. The fraction of sp³-hybridized carbons (Fsp3) is 0.0357. The molecule has 0 amide bonds. The van der Waals surface area contributed by atoms with Crippen molar-refractivity contribution in [1.29, 1.82) is 0 Å². The zero-order valence-electron chi connectivity index (χ0n) is 33.2. The lowest BCUT2D eigenvalue weighted by Crippen LogP contribution is -2.56. The third-order valence-corrected chi connectivity index (χ3v) is 15.9. The zero-order valence-corrected chi connectivity index (χ0v) is 34.2. The minimum absolute atomic E-state index is 1.14. The molecule has 0 radical (unpaired) electrons. The van der Waals surface area contributed by atoms with E-state index < -0.39 is 8.07 Å². The summed E-state index contributed by atoms with van der Waals surface area (Å²) >= 11 is 0. The first-order chi connectivity index (χ1) is 29.0. The lowest BCUT2D eigenvalue weighted by Gasteiger charge is -2.36. The summed E-state index contributed by atoms with van der Waals surface area (Å²) in [6, 6.07) is 80.3. The smallest absolute Gasteiger partial charge is 0.113 e. The number of anilines is 6. The second-order valence-electron chi connectivity index (χ2n) is 16.1. The van der Waals surface area contributed by atoms with Crippen molar-refractivity contribution in [2.24, 2.45) is 0 Å². The first-order valence-electron chi connectivity index (χ1n) is 20.5. The molecular formula is C56H42N2Si. The van der Waals surface area contributed by atoms with E-state index in [0.29, 0.717) is 0 Å². The molecule has 3 heteroatoms. The Bertz CT molecular complexity index is 3190. The second kappa shape index (κ2) is 14.0. The highest BCUT2D eigenvalue weighted by Gasteiger charge is 2.37. The Morgan fingerprint density at radius 3 is 1.68 bits per heavy atom. The maximum atomic E-state index is 2.54. The average molecular weight is 771 g/mol. The van der Waals surface area contributed by atoms with Gasteiger partial charge in [0.25, 0.3) is 0 Å². The Labute approximate surface area is 346 Å². The molecule has 59 heavy (non-hydrogen) atoms. The summed E-state index contributed by atoms with van der Waals surface area (Å²) in [4.78, 5) is 4.89. The van der Waals surface area contributed by atoms with E-state index in [1.807, 2.05) is 0 Å². The monoisotopic (exact) mass is 770 g/mol. The Morgan fingerprint density at radius 2 is 0.898 bits per heavy atom. The second-order valence-corrected chi connectivity index (χ2v) is 20.5. The molecule has 10 aromatic carbocycles. The van der Waals surface area contributed by atoms with Gasteiger partial charge in [-0.3, -0.25) is 0 Å². The number of nitrogens with zero attached hydrogens (tertiary/aromatic N) is 2. The van der Waals surface area contributed by atoms with Gasteiger partial charge in [0.1, 0.15) is 8.07 Å². The molecule has 0 saturated heterocycles. The van der Waals surface area contributed by atoms with Crippen molar-refractivity contribution in [2.45, 2.75) is 13.1 Å². The van der Waals surface area contributed by atoms with Gasteiger partial charge in [-0.25, -0.2) is 0 Å². The quantitative estimate of drug-likeness (QED) is 0.118. The Morgan fingerprint density at radius 1 is 0.322 bits per heavy atom. The third-order valence-electron chi connectivity index (χ3n) is 12.4. The van der Waals surface area contributed by atoms with Crippen LogP contribution >= 0.6 is 0 Å². The normalized spacial score (nSPS) is 12.7. The summed E-state index contributed by atoms with van der Waals surface area (Å²) in [6.07, 6.45) is 0. The van der Waals surface area contributed by atoms with Gasteiger partial charge in [0.15, 0.2) is 0 Å². The number of rotatable bonds is 7. The molecule has 0 atom stereocenters. The van der Waals surface area contributed by atoms with Gasteiger partial charge in [0.2, 0.25) is 0 Å². The van der Waals surface area contributed by atoms with Crippen molar-refractivity contribution in [1.82, 2.24) is 0 Å². The Balaban J connectivity index is 1.09. The maximum absolute atomic E-state index is 2.54. The molecule has 280 valence electrons. The van der Waals surface area contributed by atoms with Crippen LogP contribution in [0.5, 0.6) is 0 Å². The first kappa shape index (κ1) is 35.0. The zero-order chi connectivity index (χ0) is 39.5. The van der Waals surface area contributed by atoms with Gasteiger partial charge in [0, 0.05) is 33.7 Å². The van der Waals surface area contributed by atoms with E-state index in [2.05, 4.69) is 241 Å². The van der Waals surface area contributed by atoms with Crippen LogP contribution in [-0.2, 0) is 0 Å². The average Bonchev–Trinajstić information content (AvgIpc) is 3.30. The Hall–Kier alpha value is -7.20. The molecule has 0 bridgehead atoms. The maximum Gasteiger partial charge on any atom is 0.113 e. The SMILES string of the molecule is C[Si]1(C)c2cc(N(c3ccccc3)c3ccccc3-c3ccccc3)ccc2-c2ccc(N(c3ccccc3)c3ccc4c(ccc5ccccc54)c3)c3cccc1c23. The molecule has 0 N–H and O–H groups in total. The van der Waals surface area contributed by atoms with Crippen LogP contribution in [0.25, 0.3) is 54.6 Å². The van der Waals surface area contributed by atoms with Crippen LogP contribution in [0.15, 0.2) is 218 Å². The van der Waals surface area contributed by atoms with E-state index >= 15 is 0 Å². The number of para-hydroxylation sites is 3. The summed E-state index contributed by atoms with van der Waals surface area (Å²) in [5.41, 5.74) is 12.0. The number of fused-ring (bicyclic) bond motifs is 5. The van der Waals surface area contributed by atoms with E-state index in [9.17, 15) is 0 Å². The van der Waals surface area contributed by atoms with Gasteiger partial charge < -0.3 is 9.80 Å². The van der Waals surface area contributed by atoms with Crippen molar-refractivity contribution in [3.05, 3.63) is 218 Å². The first-order valence-corrected chi connectivity index (χ1v) is 23.5. The van der Waals surface area contributed by atoms with Crippen molar-refractivity contribution in [3.63, 3.8) is 0 Å². The topological polar surface area (TPSA) is 6.48 Å². The van der Waals surface area contributed by atoms with E-state index in [4.69, 9.17) is 0 Å². The largest absolute Gasteiger partial charge is 0.310 e. The molecule has 0 unspecified atom stereocenters. The molecular weight excluding hydrogens is 729 g/mol. The highest BCUT2D eigenvalue weighted by molar-refractivity contribution is 7.03. The van der Waals surface area contributed by atoms with E-state index in [0.717, 1.165) is 22.7 Å². The summed E-state index contributed by atoms with van der Waals surface area (Å²) in [5, 5.41) is 10.7. The number of benzene rings is 10. The van der Waals surface area contributed by atoms with Crippen LogP contribution in [0.1, 0.15) is 0 Å². The van der Waals surface area contributed by atoms with Crippen molar-refractivity contribution in [2.75, 3.05) is 9.80 Å². The molecule has 0 saturated carbocycles. The van der Waals surface area contributed by atoms with Gasteiger partial charge in [0.05, 0.1) is 11.4 Å². The predicted molar refractivity (Wildman–Crippen MR) is 256 cm³/mol. The number of hydrogen-bond acceptors (Lipinski definition) is 2. The van der Waals surface area contributed by atoms with Crippen molar-refractivity contribution >= 4 is 84.9 Å². The van der Waals surface area contributed by atoms with Gasteiger partial charge in [-0.15, -0.1) is 0 Å². The minimum Gasteiger partial charge on any atom is -0.310 e. The lowest BCUT2D eigenvalue weighted by molar-refractivity contribution is 1.28. The Kier molecular flexibility index (Phi) is 8.31. The van der Waals surface area contributed by atoms with Crippen LogP contribution in [0, 0.1) is 0 Å². The highest BCUT2D eigenvalue weighted by Crippen LogP contribution is 2.46. The molecule has 11 rings (SSSR count). The van der Waals surface area contributed by atoms with Gasteiger partial charge in [-0.05, 0) is 115 Å². The van der Waals surface area contributed by atoms with Crippen LogP contribution in [0.2, 0.25) is 13.1 Å². The predicted octanol–water partition coefficient (Wildman–Crippen LogP) is 14.6. The minimum atomic E-state index is -2.24. The van der Waals surface area contributed by atoms with Crippen molar-refractivity contribution < 1.29 is 0 Å². The molecule has 2 nitrogen and oxygen atoms in total. The van der Waals surface area contributed by atoms with Crippen LogP contribution in [0.3, 0.4) is 0 Å². The fourth-order valence-corrected chi connectivity index (χ4v) is 12.7.